The molecule has 1 atom stereocenters. The SMILES string of the molecule is C=C(C(=O)OCCO)C(O)C(O)(O)O. The lowest BCUT2D eigenvalue weighted by molar-refractivity contribution is -0.346. The molecular formula is C7H12O7. The van der Waals surface area contributed by atoms with Crippen molar-refractivity contribution in [3.05, 3.63) is 12.2 Å². The Morgan fingerprint density at radius 1 is 1.43 bits per heavy atom. The van der Waals surface area contributed by atoms with Gasteiger partial charge in [-0.25, -0.2) is 4.79 Å². The summed E-state index contributed by atoms with van der Waals surface area (Å²) in [4.78, 5) is 10.9. The molecule has 82 valence electrons. The molecule has 0 saturated heterocycles. The van der Waals surface area contributed by atoms with Crippen LogP contribution in [0.1, 0.15) is 0 Å². The van der Waals surface area contributed by atoms with Crippen LogP contribution in [0.5, 0.6) is 0 Å². The molecule has 7 heteroatoms. The van der Waals surface area contributed by atoms with Crippen LogP contribution in [0.15, 0.2) is 12.2 Å². The van der Waals surface area contributed by atoms with E-state index in [9.17, 15) is 4.79 Å². The van der Waals surface area contributed by atoms with Gasteiger partial charge in [0.2, 0.25) is 0 Å². The third-order valence-electron chi connectivity index (χ3n) is 1.28. The summed E-state index contributed by atoms with van der Waals surface area (Å²) in [5.41, 5.74) is -0.731. The van der Waals surface area contributed by atoms with Crippen molar-refractivity contribution in [1.82, 2.24) is 0 Å². The van der Waals surface area contributed by atoms with E-state index < -0.39 is 30.2 Å². The molecule has 0 aliphatic heterocycles. The van der Waals surface area contributed by atoms with Gasteiger partial charge in [-0.1, -0.05) is 6.58 Å². The summed E-state index contributed by atoms with van der Waals surface area (Å²) in [6.45, 7) is 2.25. The van der Waals surface area contributed by atoms with Crippen molar-refractivity contribution in [1.29, 1.82) is 0 Å². The van der Waals surface area contributed by atoms with Crippen LogP contribution < -0.4 is 0 Å². The smallest absolute Gasteiger partial charge is 0.336 e. The number of hydrogen-bond acceptors (Lipinski definition) is 7. The van der Waals surface area contributed by atoms with Crippen LogP contribution in [0.2, 0.25) is 0 Å². The first kappa shape index (κ1) is 13.0. The number of esters is 1. The molecule has 0 fully saturated rings. The molecule has 7 nitrogen and oxygen atoms in total. The zero-order valence-corrected chi connectivity index (χ0v) is 7.25. The summed E-state index contributed by atoms with van der Waals surface area (Å²) in [7, 11) is 0. The average molecular weight is 208 g/mol. The first-order valence-electron chi connectivity index (χ1n) is 3.62. The Labute approximate surface area is 79.5 Å². The predicted molar refractivity (Wildman–Crippen MR) is 42.6 cm³/mol. The van der Waals surface area contributed by atoms with E-state index in [1.807, 2.05) is 0 Å². The van der Waals surface area contributed by atoms with Crippen molar-refractivity contribution >= 4 is 5.97 Å². The normalized spacial score (nSPS) is 13.5. The molecule has 5 N–H and O–H groups in total. The van der Waals surface area contributed by atoms with Gasteiger partial charge in [0, 0.05) is 0 Å². The largest absolute Gasteiger partial charge is 0.460 e. The van der Waals surface area contributed by atoms with Crippen molar-refractivity contribution in [2.45, 2.75) is 12.1 Å². The molecule has 0 spiro atoms. The molecule has 0 rings (SSSR count). The molecule has 0 aromatic carbocycles. The first-order valence-corrected chi connectivity index (χ1v) is 3.62. The molecular weight excluding hydrogens is 196 g/mol. The standard InChI is InChI=1S/C7H12O7/c1-4(5(9)7(11,12)13)6(10)14-3-2-8/h5,8-9,11-13H,1-3H2. The molecule has 0 aromatic heterocycles. The fourth-order valence-corrected chi connectivity index (χ4v) is 0.576. The van der Waals surface area contributed by atoms with Gasteiger partial charge >= 0.3 is 11.9 Å². The maximum atomic E-state index is 10.9. The highest BCUT2D eigenvalue weighted by molar-refractivity contribution is 5.88. The summed E-state index contributed by atoms with van der Waals surface area (Å²) in [6, 6.07) is 0. The van der Waals surface area contributed by atoms with Crippen molar-refractivity contribution in [3.63, 3.8) is 0 Å². The monoisotopic (exact) mass is 208 g/mol. The molecule has 0 amide bonds. The van der Waals surface area contributed by atoms with Crippen LogP contribution in [0.25, 0.3) is 0 Å². The maximum absolute atomic E-state index is 10.9. The van der Waals surface area contributed by atoms with Gasteiger partial charge in [0.25, 0.3) is 0 Å². The van der Waals surface area contributed by atoms with E-state index in [-0.39, 0.29) is 6.61 Å². The van der Waals surface area contributed by atoms with Crippen LogP contribution in [-0.4, -0.2) is 56.8 Å². The Morgan fingerprint density at radius 3 is 2.29 bits per heavy atom. The van der Waals surface area contributed by atoms with E-state index in [4.69, 9.17) is 25.5 Å². The summed E-state index contributed by atoms with van der Waals surface area (Å²) in [5, 5.41) is 42.6. The van der Waals surface area contributed by atoms with Crippen LogP contribution >= 0.6 is 0 Å². The number of carbonyl (C=O) groups excluding carboxylic acids is 1. The van der Waals surface area contributed by atoms with Crippen LogP contribution in [0, 0.1) is 0 Å². The van der Waals surface area contributed by atoms with Crippen LogP contribution in [0.4, 0.5) is 0 Å². The number of carbonyl (C=O) groups is 1. The van der Waals surface area contributed by atoms with E-state index in [0.717, 1.165) is 0 Å². The minimum Gasteiger partial charge on any atom is -0.460 e. The summed E-state index contributed by atoms with van der Waals surface area (Å²) < 4.78 is 4.29. The fourth-order valence-electron chi connectivity index (χ4n) is 0.576. The molecule has 0 radical (unpaired) electrons. The molecule has 0 heterocycles. The van der Waals surface area contributed by atoms with E-state index in [1.54, 1.807) is 0 Å². The molecule has 0 aliphatic rings. The molecule has 0 aliphatic carbocycles. The molecule has 0 saturated carbocycles. The molecule has 0 aromatic rings. The quantitative estimate of drug-likeness (QED) is 0.186. The van der Waals surface area contributed by atoms with Gasteiger partial charge in [0.1, 0.15) is 6.61 Å². The van der Waals surface area contributed by atoms with E-state index in [1.165, 1.54) is 0 Å². The van der Waals surface area contributed by atoms with Crippen molar-refractivity contribution < 1.29 is 35.1 Å². The van der Waals surface area contributed by atoms with Crippen LogP contribution in [-0.2, 0) is 9.53 Å². The Balaban J connectivity index is 4.26. The Kier molecular flexibility index (Phi) is 4.68. The number of ether oxygens (including phenoxy) is 1. The third-order valence-corrected chi connectivity index (χ3v) is 1.28. The topological polar surface area (TPSA) is 127 Å². The van der Waals surface area contributed by atoms with E-state index in [2.05, 4.69) is 11.3 Å². The Hall–Kier alpha value is -0.990. The van der Waals surface area contributed by atoms with E-state index in [0.29, 0.717) is 0 Å². The number of hydrogen-bond donors (Lipinski definition) is 5. The van der Waals surface area contributed by atoms with Gasteiger partial charge in [-0.3, -0.25) is 0 Å². The van der Waals surface area contributed by atoms with Gasteiger partial charge in [-0.2, -0.15) is 0 Å². The van der Waals surface area contributed by atoms with Gasteiger partial charge in [0.15, 0.2) is 6.10 Å². The lowest BCUT2D eigenvalue weighted by Crippen LogP contribution is -2.44. The van der Waals surface area contributed by atoms with Crippen molar-refractivity contribution in [2.24, 2.45) is 0 Å². The second kappa shape index (κ2) is 5.03. The average Bonchev–Trinajstić information content (AvgIpc) is 2.10. The lowest BCUT2D eigenvalue weighted by atomic mass is 10.1. The van der Waals surface area contributed by atoms with Crippen molar-refractivity contribution in [2.75, 3.05) is 13.2 Å². The minimum absolute atomic E-state index is 0.320. The summed E-state index contributed by atoms with van der Waals surface area (Å²) >= 11 is 0. The maximum Gasteiger partial charge on any atom is 0.336 e. The highest BCUT2D eigenvalue weighted by atomic mass is 16.7. The zero-order valence-electron chi connectivity index (χ0n) is 7.25. The van der Waals surface area contributed by atoms with Crippen molar-refractivity contribution in [3.8, 4) is 0 Å². The second-order valence-corrected chi connectivity index (χ2v) is 2.47. The summed E-state index contributed by atoms with van der Waals surface area (Å²) in [6.07, 6.45) is -2.27. The Bertz CT molecular complexity index is 217. The van der Waals surface area contributed by atoms with Gasteiger partial charge < -0.3 is 30.3 Å². The Morgan fingerprint density at radius 2 is 1.93 bits per heavy atom. The number of rotatable bonds is 5. The van der Waals surface area contributed by atoms with Gasteiger partial charge in [-0.05, 0) is 0 Å². The lowest BCUT2D eigenvalue weighted by Gasteiger charge is -2.21. The number of aliphatic hydroxyl groups is 5. The highest BCUT2D eigenvalue weighted by Gasteiger charge is 2.36. The fraction of sp³-hybridized carbons (Fsp3) is 0.571. The molecule has 14 heavy (non-hydrogen) atoms. The summed E-state index contributed by atoms with van der Waals surface area (Å²) in [5.74, 6) is -4.59. The molecule has 1 unspecified atom stereocenters. The number of aliphatic hydroxyl groups excluding tert-OH is 2. The predicted octanol–water partition coefficient (Wildman–Crippen LogP) is -2.93. The zero-order chi connectivity index (χ0) is 11.4. The highest BCUT2D eigenvalue weighted by Crippen LogP contribution is 2.11. The van der Waals surface area contributed by atoms with Gasteiger partial charge in [-0.15, -0.1) is 0 Å². The van der Waals surface area contributed by atoms with Gasteiger partial charge in [0.05, 0.1) is 12.2 Å². The first-order chi connectivity index (χ1) is 6.30. The third kappa shape index (κ3) is 3.81. The molecule has 0 bridgehead atoms. The second-order valence-electron chi connectivity index (χ2n) is 2.47. The minimum atomic E-state index is -3.45. The van der Waals surface area contributed by atoms with E-state index >= 15 is 0 Å². The van der Waals surface area contributed by atoms with Crippen LogP contribution in [0.3, 0.4) is 0 Å².